The van der Waals surface area contributed by atoms with E-state index < -0.39 is 46.5 Å². The van der Waals surface area contributed by atoms with Gasteiger partial charge in [0.25, 0.3) is 0 Å². The normalized spacial score (nSPS) is 27.7. The maximum Gasteiger partial charge on any atom is 0.196 e. The Morgan fingerprint density at radius 1 is 1.15 bits per heavy atom. The van der Waals surface area contributed by atoms with Gasteiger partial charge in [0.2, 0.25) is 0 Å². The van der Waals surface area contributed by atoms with E-state index in [2.05, 4.69) is 0 Å². The van der Waals surface area contributed by atoms with Crippen LogP contribution in [-0.2, 0) is 19.2 Å². The lowest BCUT2D eigenvalue weighted by Crippen LogP contribution is -2.49. The summed E-state index contributed by atoms with van der Waals surface area (Å²) in [4.78, 5) is 51.0. The molecule has 0 aromatic heterocycles. The van der Waals surface area contributed by atoms with Gasteiger partial charge in [0.15, 0.2) is 28.7 Å². The Kier molecular flexibility index (Phi) is 7.63. The Labute approximate surface area is 156 Å². The summed E-state index contributed by atoms with van der Waals surface area (Å²) >= 11 is 0. The quantitative estimate of drug-likeness (QED) is 0.502. The van der Waals surface area contributed by atoms with E-state index in [0.29, 0.717) is 12.8 Å². The van der Waals surface area contributed by atoms with Crippen LogP contribution in [0, 0.1) is 29.6 Å². The third-order valence-electron chi connectivity index (χ3n) is 5.19. The summed E-state index contributed by atoms with van der Waals surface area (Å²) < 4.78 is 0. The van der Waals surface area contributed by atoms with Crippen molar-refractivity contribution in [2.75, 3.05) is 0 Å². The van der Waals surface area contributed by atoms with Gasteiger partial charge >= 0.3 is 0 Å². The SMILES string of the molecule is CCC(C)C(=O)C1C(=O)[C@@H](CCC(C)C)C(O)(C(=O)/C=C/C(C)C)C1=O. The van der Waals surface area contributed by atoms with Crippen LogP contribution in [0.15, 0.2) is 12.2 Å². The Morgan fingerprint density at radius 2 is 1.73 bits per heavy atom. The standard InChI is InChI=1S/C21H32O5/c1-7-14(6)18(23)17-19(24)15(10-8-12(2)3)21(26,20(17)25)16(22)11-9-13(4)5/h9,11-15,17,26H,7-8,10H2,1-6H3/b11-9+/t14?,15-,17?,21?/m1/s1. The molecule has 5 heteroatoms. The van der Waals surface area contributed by atoms with Crippen molar-refractivity contribution >= 4 is 23.1 Å². The van der Waals surface area contributed by atoms with Crippen molar-refractivity contribution < 1.29 is 24.3 Å². The summed E-state index contributed by atoms with van der Waals surface area (Å²) in [5.74, 6) is -5.68. The molecular formula is C21H32O5. The van der Waals surface area contributed by atoms with Crippen molar-refractivity contribution in [1.82, 2.24) is 0 Å². The molecule has 1 aliphatic carbocycles. The monoisotopic (exact) mass is 364 g/mol. The number of hydrogen-bond donors (Lipinski definition) is 1. The molecule has 0 spiro atoms. The van der Waals surface area contributed by atoms with Gasteiger partial charge < -0.3 is 5.11 Å². The minimum atomic E-state index is -2.43. The fourth-order valence-corrected chi connectivity index (χ4v) is 3.23. The molecule has 0 aliphatic heterocycles. The number of Topliss-reactive ketones (excluding diaryl/α,β-unsaturated/α-hetero) is 3. The van der Waals surface area contributed by atoms with E-state index in [-0.39, 0.29) is 18.3 Å². The Bertz CT molecular complexity index is 602. The summed E-state index contributed by atoms with van der Waals surface area (Å²) in [5, 5.41) is 11.0. The highest BCUT2D eigenvalue weighted by molar-refractivity contribution is 6.35. The van der Waals surface area contributed by atoms with E-state index in [1.165, 1.54) is 6.08 Å². The van der Waals surface area contributed by atoms with E-state index in [1.54, 1.807) is 19.9 Å². The summed E-state index contributed by atoms with van der Waals surface area (Å²) in [6.07, 6.45) is 4.05. The molecule has 4 atom stereocenters. The van der Waals surface area contributed by atoms with Crippen LogP contribution in [0.4, 0.5) is 0 Å². The van der Waals surface area contributed by atoms with Crippen LogP contribution >= 0.6 is 0 Å². The van der Waals surface area contributed by atoms with Gasteiger partial charge in [-0.2, -0.15) is 0 Å². The molecule has 0 bridgehead atoms. The van der Waals surface area contributed by atoms with E-state index in [9.17, 15) is 24.3 Å². The lowest BCUT2D eigenvalue weighted by Gasteiger charge is -2.25. The maximum absolute atomic E-state index is 12.9. The van der Waals surface area contributed by atoms with Crippen LogP contribution in [0.25, 0.3) is 0 Å². The van der Waals surface area contributed by atoms with Gasteiger partial charge in [-0.3, -0.25) is 19.2 Å². The largest absolute Gasteiger partial charge is 0.374 e. The van der Waals surface area contributed by atoms with Crippen LogP contribution in [0.3, 0.4) is 0 Å². The van der Waals surface area contributed by atoms with E-state index in [4.69, 9.17) is 0 Å². The fraction of sp³-hybridized carbons (Fsp3) is 0.714. The summed E-state index contributed by atoms with van der Waals surface area (Å²) in [6, 6.07) is 0. The second kappa shape index (κ2) is 8.85. The van der Waals surface area contributed by atoms with Crippen molar-refractivity contribution in [3.05, 3.63) is 12.2 Å². The second-order valence-electron chi connectivity index (χ2n) is 8.17. The number of carbonyl (C=O) groups is 4. The molecule has 0 amide bonds. The molecule has 0 heterocycles. The molecular weight excluding hydrogens is 332 g/mol. The van der Waals surface area contributed by atoms with E-state index in [1.807, 2.05) is 27.7 Å². The number of ketones is 4. The first-order valence-electron chi connectivity index (χ1n) is 9.55. The van der Waals surface area contributed by atoms with Gasteiger partial charge in [0.05, 0.1) is 5.92 Å². The lowest BCUT2D eigenvalue weighted by atomic mass is 9.81. The number of hydrogen-bond acceptors (Lipinski definition) is 5. The summed E-state index contributed by atoms with van der Waals surface area (Å²) in [6.45, 7) is 11.1. The van der Waals surface area contributed by atoms with Gasteiger partial charge in [-0.15, -0.1) is 0 Å². The maximum atomic E-state index is 12.9. The number of allylic oxidation sites excluding steroid dienone is 1. The zero-order valence-electron chi connectivity index (χ0n) is 16.7. The third kappa shape index (κ3) is 4.37. The highest BCUT2D eigenvalue weighted by atomic mass is 16.3. The predicted molar refractivity (Wildman–Crippen MR) is 99.5 cm³/mol. The Balaban J connectivity index is 3.32. The third-order valence-corrected chi connectivity index (χ3v) is 5.19. The van der Waals surface area contributed by atoms with Crippen LogP contribution in [0.5, 0.6) is 0 Å². The summed E-state index contributed by atoms with van der Waals surface area (Å²) in [7, 11) is 0. The van der Waals surface area contributed by atoms with Crippen molar-refractivity contribution in [1.29, 1.82) is 0 Å². The topological polar surface area (TPSA) is 88.5 Å². The molecule has 0 saturated heterocycles. The average Bonchev–Trinajstić information content (AvgIpc) is 2.76. The van der Waals surface area contributed by atoms with E-state index >= 15 is 0 Å². The molecule has 1 N–H and O–H groups in total. The molecule has 5 nitrogen and oxygen atoms in total. The van der Waals surface area contributed by atoms with Gasteiger partial charge in [-0.25, -0.2) is 0 Å². The molecule has 0 radical (unpaired) electrons. The van der Waals surface area contributed by atoms with E-state index in [0.717, 1.165) is 0 Å². The minimum absolute atomic E-state index is 0.0569. The number of carbonyl (C=O) groups excluding carboxylic acids is 4. The second-order valence-corrected chi connectivity index (χ2v) is 8.17. The molecule has 146 valence electrons. The molecule has 0 aromatic carbocycles. The van der Waals surface area contributed by atoms with Crippen molar-refractivity contribution in [3.63, 3.8) is 0 Å². The van der Waals surface area contributed by atoms with Crippen molar-refractivity contribution in [2.45, 2.75) is 66.4 Å². The van der Waals surface area contributed by atoms with Crippen LogP contribution in [0.2, 0.25) is 0 Å². The molecule has 1 fully saturated rings. The van der Waals surface area contributed by atoms with Gasteiger partial charge in [-0.1, -0.05) is 54.0 Å². The van der Waals surface area contributed by atoms with Gasteiger partial charge in [0.1, 0.15) is 5.92 Å². The van der Waals surface area contributed by atoms with Gasteiger partial charge in [0, 0.05) is 5.92 Å². The van der Waals surface area contributed by atoms with Crippen molar-refractivity contribution in [3.8, 4) is 0 Å². The molecule has 0 aromatic rings. The molecule has 26 heavy (non-hydrogen) atoms. The lowest BCUT2D eigenvalue weighted by molar-refractivity contribution is -0.151. The summed E-state index contributed by atoms with van der Waals surface area (Å²) in [5.41, 5.74) is -2.43. The zero-order chi connectivity index (χ0) is 20.2. The van der Waals surface area contributed by atoms with Crippen molar-refractivity contribution in [2.24, 2.45) is 29.6 Å². The first-order valence-corrected chi connectivity index (χ1v) is 9.55. The van der Waals surface area contributed by atoms with Crippen LogP contribution in [0.1, 0.15) is 60.8 Å². The fourth-order valence-electron chi connectivity index (χ4n) is 3.23. The molecule has 1 saturated carbocycles. The zero-order valence-corrected chi connectivity index (χ0v) is 16.7. The molecule has 1 aliphatic rings. The van der Waals surface area contributed by atoms with Gasteiger partial charge in [-0.05, 0) is 30.8 Å². The number of aliphatic hydroxyl groups is 1. The minimum Gasteiger partial charge on any atom is -0.374 e. The molecule has 1 rings (SSSR count). The van der Waals surface area contributed by atoms with Crippen LogP contribution < -0.4 is 0 Å². The Hall–Kier alpha value is -1.62. The molecule has 3 unspecified atom stereocenters. The predicted octanol–water partition coefficient (Wildman–Crippen LogP) is 2.93. The smallest absolute Gasteiger partial charge is 0.196 e. The average molecular weight is 364 g/mol. The highest BCUT2D eigenvalue weighted by Crippen LogP contribution is 2.40. The first-order chi connectivity index (χ1) is 12.0. The highest BCUT2D eigenvalue weighted by Gasteiger charge is 2.64. The van der Waals surface area contributed by atoms with Crippen LogP contribution in [-0.4, -0.2) is 33.8 Å². The first kappa shape index (κ1) is 22.4. The number of rotatable bonds is 9. The Morgan fingerprint density at radius 3 is 2.19 bits per heavy atom.